The molecular weight excluding hydrogens is 420 g/mol. The normalized spacial score (nSPS) is 28.9. The quantitative estimate of drug-likeness (QED) is 0.712. The number of nitrogens with zero attached hydrogens (tertiary/aromatic N) is 3. The molecule has 1 saturated heterocycles. The average Bonchev–Trinajstić information content (AvgIpc) is 3.51. The predicted octanol–water partition coefficient (Wildman–Crippen LogP) is 4.10. The number of likely N-dealkylation sites (tertiary alicyclic amines) is 1. The van der Waals surface area contributed by atoms with Crippen LogP contribution in [-0.4, -0.2) is 63.9 Å². The molecule has 1 aliphatic carbocycles. The molecule has 0 spiro atoms. The van der Waals surface area contributed by atoms with E-state index >= 15 is 0 Å². The summed E-state index contributed by atoms with van der Waals surface area (Å²) >= 11 is 1.66. The van der Waals surface area contributed by atoms with Crippen LogP contribution in [0.3, 0.4) is 0 Å². The molecule has 4 heterocycles. The topological polar surface area (TPSA) is 57.6 Å². The first-order chi connectivity index (χ1) is 15.5. The molecule has 2 amide bonds. The molecule has 1 N–H and O–H groups in total. The zero-order valence-electron chi connectivity index (χ0n) is 19.4. The minimum Gasteiger partial charge on any atom is -0.351 e. The van der Waals surface area contributed by atoms with Gasteiger partial charge in [-0.2, -0.15) is 0 Å². The molecule has 0 bridgehead atoms. The standard InChI is InChI=1S/C25H36N4O2S/c1-18-6-8-19(9-7-18)26-24(31)25(2)17-28-20-10-15-32-22(20)16-21(28)23(30)29(25)14-5-13-27-11-3-4-12-27/h10,15-16,18-19H,3-9,11-14,17H2,1-2H3,(H,26,31). The van der Waals surface area contributed by atoms with Gasteiger partial charge in [0.2, 0.25) is 5.91 Å². The number of aromatic nitrogens is 1. The predicted molar refractivity (Wildman–Crippen MR) is 129 cm³/mol. The van der Waals surface area contributed by atoms with E-state index in [4.69, 9.17) is 0 Å². The van der Waals surface area contributed by atoms with E-state index in [-0.39, 0.29) is 17.9 Å². The third-order valence-electron chi connectivity index (χ3n) is 7.94. The van der Waals surface area contributed by atoms with Gasteiger partial charge in [0, 0.05) is 12.6 Å². The van der Waals surface area contributed by atoms with Gasteiger partial charge in [0.1, 0.15) is 11.2 Å². The van der Waals surface area contributed by atoms with Crippen molar-refractivity contribution in [1.82, 2.24) is 19.7 Å². The van der Waals surface area contributed by atoms with Crippen molar-refractivity contribution < 1.29 is 9.59 Å². The Kier molecular flexibility index (Phi) is 6.05. The lowest BCUT2D eigenvalue weighted by molar-refractivity contribution is -0.133. The molecule has 0 radical (unpaired) electrons. The number of carbonyl (C=O) groups is 2. The van der Waals surface area contributed by atoms with Gasteiger partial charge in [-0.25, -0.2) is 0 Å². The maximum atomic E-state index is 13.7. The molecule has 32 heavy (non-hydrogen) atoms. The lowest BCUT2D eigenvalue weighted by Gasteiger charge is -2.45. The molecule has 1 atom stereocenters. The Morgan fingerprint density at radius 1 is 1.19 bits per heavy atom. The molecule has 2 aromatic heterocycles. The monoisotopic (exact) mass is 456 g/mol. The van der Waals surface area contributed by atoms with Crippen LogP contribution in [0.5, 0.6) is 0 Å². The molecule has 2 aliphatic heterocycles. The molecule has 174 valence electrons. The van der Waals surface area contributed by atoms with Gasteiger partial charge in [0.05, 0.1) is 16.8 Å². The minimum absolute atomic E-state index is 0.00371. The summed E-state index contributed by atoms with van der Waals surface area (Å²) in [6, 6.07) is 4.31. The van der Waals surface area contributed by atoms with Crippen molar-refractivity contribution in [3.63, 3.8) is 0 Å². The number of nitrogens with one attached hydrogen (secondary N) is 1. The summed E-state index contributed by atoms with van der Waals surface area (Å²) in [5.41, 5.74) is 0.928. The van der Waals surface area contributed by atoms with Gasteiger partial charge in [0.25, 0.3) is 5.91 Å². The van der Waals surface area contributed by atoms with Crippen molar-refractivity contribution in [2.45, 2.75) is 76.9 Å². The molecule has 7 heteroatoms. The minimum atomic E-state index is -0.869. The lowest BCUT2D eigenvalue weighted by Crippen LogP contribution is -2.65. The van der Waals surface area contributed by atoms with Crippen molar-refractivity contribution >= 4 is 33.4 Å². The Balaban J connectivity index is 1.38. The molecule has 2 fully saturated rings. The van der Waals surface area contributed by atoms with E-state index in [1.807, 2.05) is 17.9 Å². The van der Waals surface area contributed by atoms with Crippen LogP contribution in [0.1, 0.15) is 69.3 Å². The SMILES string of the molecule is CC1CCC(NC(=O)C2(C)Cn3c(cc4sccc43)C(=O)N2CCCN2CCCC2)CC1. The summed E-state index contributed by atoms with van der Waals surface area (Å²) in [6.07, 6.45) is 7.85. The zero-order chi connectivity index (χ0) is 22.3. The van der Waals surface area contributed by atoms with E-state index < -0.39 is 5.54 Å². The highest BCUT2D eigenvalue weighted by Crippen LogP contribution is 2.35. The Hall–Kier alpha value is -1.86. The van der Waals surface area contributed by atoms with Gasteiger partial charge >= 0.3 is 0 Å². The molecule has 3 aliphatic rings. The van der Waals surface area contributed by atoms with Gasteiger partial charge in [-0.15, -0.1) is 11.3 Å². The van der Waals surface area contributed by atoms with Crippen LogP contribution in [0, 0.1) is 5.92 Å². The van der Waals surface area contributed by atoms with Gasteiger partial charge in [-0.1, -0.05) is 6.92 Å². The molecule has 1 unspecified atom stereocenters. The summed E-state index contributed by atoms with van der Waals surface area (Å²) in [6.45, 7) is 8.73. The van der Waals surface area contributed by atoms with E-state index in [2.05, 4.69) is 33.2 Å². The van der Waals surface area contributed by atoms with Crippen molar-refractivity contribution in [3.05, 3.63) is 23.2 Å². The molecular formula is C25H36N4O2S. The average molecular weight is 457 g/mol. The highest BCUT2D eigenvalue weighted by Gasteiger charge is 2.48. The van der Waals surface area contributed by atoms with Gasteiger partial charge in [-0.3, -0.25) is 9.59 Å². The fraction of sp³-hybridized carbons (Fsp3) is 0.680. The zero-order valence-corrected chi connectivity index (χ0v) is 20.3. The van der Waals surface area contributed by atoms with Crippen molar-refractivity contribution in [2.75, 3.05) is 26.2 Å². The van der Waals surface area contributed by atoms with Crippen LogP contribution in [0.25, 0.3) is 10.2 Å². The van der Waals surface area contributed by atoms with Crippen molar-refractivity contribution in [1.29, 1.82) is 0 Å². The third-order valence-corrected chi connectivity index (χ3v) is 8.80. The Morgan fingerprint density at radius 2 is 1.94 bits per heavy atom. The molecule has 6 nitrogen and oxygen atoms in total. The second-order valence-electron chi connectivity index (χ2n) is 10.3. The van der Waals surface area contributed by atoms with Crippen LogP contribution < -0.4 is 5.32 Å². The summed E-state index contributed by atoms with van der Waals surface area (Å²) in [5, 5.41) is 5.40. The van der Waals surface area contributed by atoms with Crippen LogP contribution in [0.2, 0.25) is 0 Å². The van der Waals surface area contributed by atoms with E-state index in [0.29, 0.717) is 13.1 Å². The first kappa shape index (κ1) is 22.0. The Morgan fingerprint density at radius 3 is 2.69 bits per heavy atom. The van der Waals surface area contributed by atoms with Crippen LogP contribution >= 0.6 is 11.3 Å². The van der Waals surface area contributed by atoms with Gasteiger partial charge in [0.15, 0.2) is 0 Å². The Labute approximate surface area is 194 Å². The number of hydrogen-bond donors (Lipinski definition) is 1. The van der Waals surface area contributed by atoms with E-state index in [1.165, 1.54) is 12.8 Å². The van der Waals surface area contributed by atoms with Crippen molar-refractivity contribution in [2.24, 2.45) is 5.92 Å². The molecule has 0 aromatic carbocycles. The fourth-order valence-electron chi connectivity index (χ4n) is 5.83. The maximum absolute atomic E-state index is 13.7. The molecule has 1 saturated carbocycles. The second kappa shape index (κ2) is 8.82. The summed E-state index contributed by atoms with van der Waals surface area (Å²) in [5.74, 6) is 0.747. The summed E-state index contributed by atoms with van der Waals surface area (Å²) in [7, 11) is 0. The second-order valence-corrected chi connectivity index (χ2v) is 11.3. The highest BCUT2D eigenvalue weighted by molar-refractivity contribution is 7.17. The number of thiophene rings is 1. The van der Waals surface area contributed by atoms with E-state index in [1.54, 1.807) is 11.3 Å². The van der Waals surface area contributed by atoms with Crippen LogP contribution in [0.15, 0.2) is 17.5 Å². The van der Waals surface area contributed by atoms with E-state index in [9.17, 15) is 9.59 Å². The first-order valence-corrected chi connectivity index (χ1v) is 13.3. The number of fused-ring (bicyclic) bond motifs is 3. The lowest BCUT2D eigenvalue weighted by atomic mass is 9.86. The number of hydrogen-bond acceptors (Lipinski definition) is 4. The molecule has 2 aromatic rings. The van der Waals surface area contributed by atoms with Crippen LogP contribution in [-0.2, 0) is 11.3 Å². The van der Waals surface area contributed by atoms with E-state index in [0.717, 1.165) is 73.6 Å². The maximum Gasteiger partial charge on any atom is 0.271 e. The smallest absolute Gasteiger partial charge is 0.271 e. The van der Waals surface area contributed by atoms with Gasteiger partial charge in [-0.05, 0) is 94.9 Å². The number of amides is 2. The third kappa shape index (κ3) is 3.98. The highest BCUT2D eigenvalue weighted by atomic mass is 32.1. The van der Waals surface area contributed by atoms with Gasteiger partial charge < -0.3 is 19.7 Å². The fourth-order valence-corrected chi connectivity index (χ4v) is 6.65. The largest absolute Gasteiger partial charge is 0.351 e. The number of carbonyl (C=O) groups excluding carboxylic acids is 2. The summed E-state index contributed by atoms with van der Waals surface area (Å²) in [4.78, 5) is 31.8. The first-order valence-electron chi connectivity index (χ1n) is 12.4. The Bertz CT molecular complexity index is 983. The summed E-state index contributed by atoms with van der Waals surface area (Å²) < 4.78 is 3.20. The van der Waals surface area contributed by atoms with Crippen molar-refractivity contribution in [3.8, 4) is 0 Å². The number of rotatable bonds is 6. The molecule has 5 rings (SSSR count). The van der Waals surface area contributed by atoms with Crippen LogP contribution in [0.4, 0.5) is 0 Å².